The number of para-hydroxylation sites is 1. The van der Waals surface area contributed by atoms with Gasteiger partial charge < -0.3 is 4.74 Å². The van der Waals surface area contributed by atoms with Crippen molar-refractivity contribution in [1.29, 1.82) is 0 Å². The van der Waals surface area contributed by atoms with E-state index in [0.29, 0.717) is 0 Å². The van der Waals surface area contributed by atoms with Gasteiger partial charge in [0.15, 0.2) is 18.2 Å². The van der Waals surface area contributed by atoms with Gasteiger partial charge in [0, 0.05) is 5.56 Å². The number of carbonyl (C=O) groups excluding carboxylic acids is 1. The molecule has 1 N–H and O–H groups in total. The third-order valence-corrected chi connectivity index (χ3v) is 2.86. The number of hydrazone groups is 1. The third-order valence-electron chi connectivity index (χ3n) is 2.86. The lowest BCUT2D eigenvalue weighted by Gasteiger charge is -2.07. The summed E-state index contributed by atoms with van der Waals surface area (Å²) in [5.74, 6) is -2.61. The van der Waals surface area contributed by atoms with E-state index in [0.717, 1.165) is 18.2 Å². The minimum atomic E-state index is -0.663. The predicted molar refractivity (Wildman–Crippen MR) is 78.6 cm³/mol. The van der Waals surface area contributed by atoms with Crippen LogP contribution in [0.25, 0.3) is 0 Å². The molecule has 0 aliphatic carbocycles. The monoisotopic (exact) mass is 322 g/mol. The van der Waals surface area contributed by atoms with Crippen molar-refractivity contribution in [2.24, 2.45) is 5.10 Å². The second-order valence-corrected chi connectivity index (χ2v) is 4.58. The normalized spacial score (nSPS) is 11.2. The molecule has 2 aromatic carbocycles. The van der Waals surface area contributed by atoms with Crippen LogP contribution in [0, 0.1) is 17.5 Å². The first kappa shape index (κ1) is 16.5. The summed E-state index contributed by atoms with van der Waals surface area (Å²) in [5.41, 5.74) is 2.15. The van der Waals surface area contributed by atoms with Gasteiger partial charge in [-0.05, 0) is 37.3 Å². The minimum absolute atomic E-state index is 0.0691. The highest BCUT2D eigenvalue weighted by Gasteiger charge is 2.09. The van der Waals surface area contributed by atoms with Gasteiger partial charge in [0.2, 0.25) is 0 Å². The summed E-state index contributed by atoms with van der Waals surface area (Å²) in [6.07, 6.45) is 0. The van der Waals surface area contributed by atoms with E-state index in [4.69, 9.17) is 4.74 Å². The Morgan fingerprint density at radius 1 is 1.13 bits per heavy atom. The number of amides is 1. The molecule has 120 valence electrons. The molecule has 7 heteroatoms. The first-order valence-electron chi connectivity index (χ1n) is 6.63. The Labute approximate surface area is 130 Å². The van der Waals surface area contributed by atoms with E-state index in [1.165, 1.54) is 25.1 Å². The molecule has 0 heterocycles. The first-order chi connectivity index (χ1) is 11.0. The Kier molecular flexibility index (Phi) is 5.35. The lowest BCUT2D eigenvalue weighted by atomic mass is 10.1. The molecule has 23 heavy (non-hydrogen) atoms. The Hall–Kier alpha value is -2.83. The average Bonchev–Trinajstić information content (AvgIpc) is 2.54. The molecule has 0 atom stereocenters. The first-order valence-corrected chi connectivity index (χ1v) is 6.63. The van der Waals surface area contributed by atoms with Crippen LogP contribution in [0.4, 0.5) is 13.2 Å². The highest BCUT2D eigenvalue weighted by atomic mass is 19.1. The van der Waals surface area contributed by atoms with E-state index in [9.17, 15) is 18.0 Å². The van der Waals surface area contributed by atoms with Crippen LogP contribution in [0.5, 0.6) is 5.75 Å². The van der Waals surface area contributed by atoms with Gasteiger partial charge in [0.05, 0.1) is 5.71 Å². The van der Waals surface area contributed by atoms with Crippen molar-refractivity contribution < 1.29 is 22.7 Å². The van der Waals surface area contributed by atoms with Crippen molar-refractivity contribution in [3.8, 4) is 5.75 Å². The van der Waals surface area contributed by atoms with Gasteiger partial charge in [0.25, 0.3) is 5.91 Å². The maximum atomic E-state index is 13.5. The Balaban J connectivity index is 1.95. The molecular formula is C16H13F3N2O2. The predicted octanol–water partition coefficient (Wildman–Crippen LogP) is 3.02. The van der Waals surface area contributed by atoms with Crippen LogP contribution < -0.4 is 10.2 Å². The van der Waals surface area contributed by atoms with E-state index in [1.54, 1.807) is 6.07 Å². The number of hydrogen-bond donors (Lipinski definition) is 1. The van der Waals surface area contributed by atoms with Crippen LogP contribution in [0.15, 0.2) is 47.6 Å². The average molecular weight is 322 g/mol. The highest BCUT2D eigenvalue weighted by molar-refractivity contribution is 5.99. The summed E-state index contributed by atoms with van der Waals surface area (Å²) in [5, 5.41) is 3.67. The van der Waals surface area contributed by atoms with Gasteiger partial charge in [-0.2, -0.15) is 5.10 Å². The van der Waals surface area contributed by atoms with E-state index in [1.807, 2.05) is 0 Å². The Morgan fingerprint density at radius 2 is 1.87 bits per heavy atom. The van der Waals surface area contributed by atoms with Gasteiger partial charge in [-0.25, -0.2) is 18.6 Å². The van der Waals surface area contributed by atoms with Crippen LogP contribution in [-0.4, -0.2) is 18.2 Å². The van der Waals surface area contributed by atoms with Crippen molar-refractivity contribution in [3.63, 3.8) is 0 Å². The van der Waals surface area contributed by atoms with Crippen LogP contribution in [0.1, 0.15) is 12.5 Å². The Morgan fingerprint density at radius 3 is 2.61 bits per heavy atom. The second-order valence-electron chi connectivity index (χ2n) is 4.58. The number of nitrogens with one attached hydrogen (secondary N) is 1. The lowest BCUT2D eigenvalue weighted by molar-refractivity contribution is -0.123. The molecule has 0 unspecified atom stereocenters. The molecule has 0 fully saturated rings. The fourth-order valence-electron chi connectivity index (χ4n) is 1.72. The summed E-state index contributed by atoms with van der Waals surface area (Å²) in [6, 6.07) is 8.53. The van der Waals surface area contributed by atoms with Crippen molar-refractivity contribution in [2.75, 3.05) is 6.61 Å². The zero-order valence-corrected chi connectivity index (χ0v) is 12.1. The highest BCUT2D eigenvalue weighted by Crippen LogP contribution is 2.15. The molecule has 0 spiro atoms. The molecule has 2 aromatic rings. The zero-order valence-electron chi connectivity index (χ0n) is 12.1. The summed E-state index contributed by atoms with van der Waals surface area (Å²) in [6.45, 7) is 0.944. The summed E-state index contributed by atoms with van der Waals surface area (Å²) in [4.78, 5) is 11.6. The molecule has 0 saturated heterocycles. The number of benzene rings is 2. The summed E-state index contributed by atoms with van der Waals surface area (Å²) < 4.78 is 44.9. The summed E-state index contributed by atoms with van der Waals surface area (Å²) >= 11 is 0. The van der Waals surface area contributed by atoms with Crippen molar-refractivity contribution >= 4 is 11.6 Å². The molecule has 0 bridgehead atoms. The van der Waals surface area contributed by atoms with Gasteiger partial charge in [-0.15, -0.1) is 0 Å². The fourth-order valence-corrected chi connectivity index (χ4v) is 1.72. The zero-order chi connectivity index (χ0) is 16.8. The maximum Gasteiger partial charge on any atom is 0.277 e. The van der Waals surface area contributed by atoms with Crippen molar-refractivity contribution in [1.82, 2.24) is 5.43 Å². The van der Waals surface area contributed by atoms with Crippen LogP contribution in [-0.2, 0) is 4.79 Å². The minimum Gasteiger partial charge on any atom is -0.481 e. The number of halogens is 3. The molecule has 4 nitrogen and oxygen atoms in total. The fraction of sp³-hybridized carbons (Fsp3) is 0.125. The SMILES string of the molecule is C/C(=N/NC(=O)COc1ccccc1F)c1cc(F)ccc1F. The Bertz CT molecular complexity index is 748. The van der Waals surface area contributed by atoms with Gasteiger partial charge in [-0.3, -0.25) is 4.79 Å². The largest absolute Gasteiger partial charge is 0.481 e. The number of hydrogen-bond acceptors (Lipinski definition) is 3. The van der Waals surface area contributed by atoms with Gasteiger partial charge in [0.1, 0.15) is 11.6 Å². The molecule has 0 aliphatic heterocycles. The van der Waals surface area contributed by atoms with E-state index >= 15 is 0 Å². The number of rotatable bonds is 5. The van der Waals surface area contributed by atoms with Gasteiger partial charge in [-0.1, -0.05) is 12.1 Å². The lowest BCUT2D eigenvalue weighted by Crippen LogP contribution is -2.26. The number of nitrogens with zero attached hydrogens (tertiary/aromatic N) is 1. The van der Waals surface area contributed by atoms with E-state index < -0.39 is 30.0 Å². The second kappa shape index (κ2) is 7.44. The van der Waals surface area contributed by atoms with Crippen LogP contribution in [0.3, 0.4) is 0 Å². The van der Waals surface area contributed by atoms with Crippen molar-refractivity contribution in [2.45, 2.75) is 6.92 Å². The maximum absolute atomic E-state index is 13.5. The summed E-state index contributed by atoms with van der Waals surface area (Å²) in [7, 11) is 0. The quantitative estimate of drug-likeness (QED) is 0.679. The molecule has 1 amide bonds. The van der Waals surface area contributed by atoms with E-state index in [2.05, 4.69) is 10.5 Å². The molecule has 2 rings (SSSR count). The molecular weight excluding hydrogens is 309 g/mol. The molecule has 0 saturated carbocycles. The van der Waals surface area contributed by atoms with Crippen molar-refractivity contribution in [3.05, 3.63) is 65.5 Å². The smallest absolute Gasteiger partial charge is 0.277 e. The number of ether oxygens (including phenoxy) is 1. The topological polar surface area (TPSA) is 50.7 Å². The van der Waals surface area contributed by atoms with Crippen LogP contribution in [0.2, 0.25) is 0 Å². The van der Waals surface area contributed by atoms with Gasteiger partial charge >= 0.3 is 0 Å². The number of carbonyl (C=O) groups is 1. The van der Waals surface area contributed by atoms with E-state index in [-0.39, 0.29) is 17.0 Å². The molecule has 0 aromatic heterocycles. The molecule has 0 radical (unpaired) electrons. The molecule has 0 aliphatic rings. The standard InChI is InChI=1S/C16H13F3N2O2/c1-10(12-8-11(17)6-7-13(12)18)20-21-16(22)9-23-15-5-3-2-4-14(15)19/h2-8H,9H2,1H3,(H,21,22)/b20-10-. The third kappa shape index (κ3) is 4.57. The van der Waals surface area contributed by atoms with Crippen LogP contribution >= 0.6 is 0 Å².